The molecule has 0 saturated carbocycles. The number of carbonyl (C=O) groups excluding carboxylic acids is 3. The molecule has 2 aliphatic heterocycles. The minimum atomic E-state index is -3.54. The Hall–Kier alpha value is -0.640. The normalized spacial score (nSPS) is 20.6. The van der Waals surface area contributed by atoms with Crippen molar-refractivity contribution in [1.82, 2.24) is 20.4 Å². The molecule has 31 heavy (non-hydrogen) atoms. The summed E-state index contributed by atoms with van der Waals surface area (Å²) in [6.45, 7) is 3.51. The number of aryl methyl sites for hydroxylation is 1. The molecule has 10 nitrogen and oxygen atoms in total. The number of hydrogen-bond acceptors (Lipinski definition) is 11. The van der Waals surface area contributed by atoms with E-state index in [9.17, 15) is 27.9 Å². The average molecular weight is 515 g/mol. The molecule has 3 rings (SSSR count). The summed E-state index contributed by atoms with van der Waals surface area (Å²) in [5.41, 5.74) is 0.333. The molecule has 2 aliphatic rings. The Morgan fingerprint density at radius 3 is 2.65 bits per heavy atom. The van der Waals surface area contributed by atoms with Gasteiger partial charge in [0.2, 0.25) is 5.91 Å². The van der Waals surface area contributed by atoms with Crippen LogP contribution in [0.25, 0.3) is 0 Å². The van der Waals surface area contributed by atoms with Crippen molar-refractivity contribution in [3.63, 3.8) is 0 Å². The predicted octanol–water partition coefficient (Wildman–Crippen LogP) is -3.83. The van der Waals surface area contributed by atoms with Crippen LogP contribution in [0.1, 0.15) is 18.4 Å². The summed E-state index contributed by atoms with van der Waals surface area (Å²) in [4.78, 5) is 37.5. The van der Waals surface area contributed by atoms with E-state index in [2.05, 4.69) is 15.5 Å². The van der Waals surface area contributed by atoms with Crippen LogP contribution in [0.3, 0.4) is 0 Å². The number of carbonyl (C=O) groups is 3. The van der Waals surface area contributed by atoms with E-state index < -0.39 is 44.8 Å². The zero-order valence-corrected chi connectivity index (χ0v) is 22.4. The monoisotopic (exact) mass is 514 g/mol. The third-order valence-electron chi connectivity index (χ3n) is 4.30. The third-order valence-corrected chi connectivity index (χ3v) is 9.43. The van der Waals surface area contributed by atoms with Crippen LogP contribution in [0, 0.1) is 6.92 Å². The maximum Gasteiger partial charge on any atom is 1.00 e. The number of β-lactam (4-membered cyclic amide) rings is 1. The third kappa shape index (κ3) is 6.24. The number of carboxylic acid groups (broad SMARTS) is 1. The minimum absolute atomic E-state index is 0. The molecule has 0 unspecified atom stereocenters. The SMILES string of the molecule is CCCS(=O)(=O)CC(=O)N[C@@H]1C(=O)N2C(C(=O)[O-])=C(CSc3nnc(C)s3)CS[C@H]12.[Na+]. The molecular weight excluding hydrogens is 495 g/mol. The molecule has 1 aromatic rings. The summed E-state index contributed by atoms with van der Waals surface area (Å²) in [7, 11) is -3.54. The fourth-order valence-electron chi connectivity index (χ4n) is 3.07. The van der Waals surface area contributed by atoms with Gasteiger partial charge in [0.25, 0.3) is 5.91 Å². The van der Waals surface area contributed by atoms with E-state index in [1.54, 1.807) is 6.92 Å². The van der Waals surface area contributed by atoms with E-state index in [0.717, 1.165) is 9.91 Å². The van der Waals surface area contributed by atoms with Crippen LogP contribution < -0.4 is 40.0 Å². The van der Waals surface area contributed by atoms with Crippen molar-refractivity contribution in [2.24, 2.45) is 0 Å². The quantitative estimate of drug-likeness (QED) is 0.197. The van der Waals surface area contributed by atoms with Crippen molar-refractivity contribution in [2.45, 2.75) is 36.0 Å². The molecule has 1 N–H and O–H groups in total. The Morgan fingerprint density at radius 2 is 2.06 bits per heavy atom. The maximum absolute atomic E-state index is 12.6. The zero-order chi connectivity index (χ0) is 22.1. The summed E-state index contributed by atoms with van der Waals surface area (Å²) < 4.78 is 24.3. The van der Waals surface area contributed by atoms with Crippen LogP contribution in [0.15, 0.2) is 15.6 Å². The number of rotatable bonds is 9. The second-order valence-corrected chi connectivity index (χ2v) is 12.4. The van der Waals surface area contributed by atoms with Gasteiger partial charge in [0.1, 0.15) is 22.2 Å². The Bertz CT molecular complexity index is 1010. The van der Waals surface area contributed by atoms with Crippen LogP contribution >= 0.6 is 34.9 Å². The molecule has 3 heterocycles. The van der Waals surface area contributed by atoms with Gasteiger partial charge in [0.05, 0.1) is 17.4 Å². The van der Waals surface area contributed by atoms with Gasteiger partial charge in [-0.1, -0.05) is 30.0 Å². The first-order valence-corrected chi connectivity index (χ1v) is 13.6. The molecule has 1 fully saturated rings. The fraction of sp³-hybridized carbons (Fsp3) is 0.562. The van der Waals surface area contributed by atoms with Crippen molar-refractivity contribution in [2.75, 3.05) is 23.0 Å². The number of aliphatic carboxylic acids is 1. The molecule has 2 atom stereocenters. The van der Waals surface area contributed by atoms with Gasteiger partial charge in [-0.3, -0.25) is 14.5 Å². The van der Waals surface area contributed by atoms with E-state index >= 15 is 0 Å². The number of hydrogen-bond donors (Lipinski definition) is 1. The fourth-order valence-corrected chi connectivity index (χ4v) is 7.62. The van der Waals surface area contributed by atoms with Gasteiger partial charge in [-0.05, 0) is 18.9 Å². The summed E-state index contributed by atoms with van der Waals surface area (Å²) in [5, 5.41) is 22.2. The second-order valence-electron chi connectivity index (χ2n) is 6.66. The molecule has 0 aromatic carbocycles. The number of amides is 2. The van der Waals surface area contributed by atoms with Crippen molar-refractivity contribution < 1.29 is 57.5 Å². The minimum Gasteiger partial charge on any atom is -0.543 e. The number of sulfone groups is 1. The van der Waals surface area contributed by atoms with Crippen LogP contribution in [-0.4, -0.2) is 75.7 Å². The summed E-state index contributed by atoms with van der Waals surface area (Å²) >= 11 is 4.03. The number of fused-ring (bicyclic) bond motifs is 1. The molecule has 0 aliphatic carbocycles. The average Bonchev–Trinajstić information content (AvgIpc) is 3.08. The van der Waals surface area contributed by atoms with Gasteiger partial charge in [-0.15, -0.1) is 22.0 Å². The molecular formula is C16H19N4NaO6S4. The van der Waals surface area contributed by atoms with Crippen molar-refractivity contribution in [1.29, 1.82) is 0 Å². The summed E-state index contributed by atoms with van der Waals surface area (Å²) in [6.07, 6.45) is 0.390. The molecule has 1 saturated heterocycles. The van der Waals surface area contributed by atoms with Crippen LogP contribution in [0.2, 0.25) is 0 Å². The predicted molar refractivity (Wildman–Crippen MR) is 111 cm³/mol. The topological polar surface area (TPSA) is 149 Å². The van der Waals surface area contributed by atoms with E-state index in [1.807, 2.05) is 6.92 Å². The smallest absolute Gasteiger partial charge is 0.543 e. The molecule has 0 spiro atoms. The number of aromatic nitrogens is 2. The summed E-state index contributed by atoms with van der Waals surface area (Å²) in [6, 6.07) is -0.964. The Labute approximate surface area is 214 Å². The van der Waals surface area contributed by atoms with Gasteiger partial charge in [0, 0.05) is 11.5 Å². The van der Waals surface area contributed by atoms with Crippen LogP contribution in [-0.2, 0) is 24.2 Å². The number of thioether (sulfide) groups is 2. The number of carboxylic acids is 1. The Morgan fingerprint density at radius 1 is 1.35 bits per heavy atom. The Balaban J connectivity index is 0.00000341. The first kappa shape index (κ1) is 26.6. The zero-order valence-electron chi connectivity index (χ0n) is 17.1. The van der Waals surface area contributed by atoms with E-state index in [0.29, 0.717) is 27.8 Å². The van der Waals surface area contributed by atoms with Gasteiger partial charge in [0.15, 0.2) is 14.2 Å². The molecule has 1 aromatic heterocycles. The van der Waals surface area contributed by atoms with E-state index in [-0.39, 0.29) is 41.0 Å². The molecule has 0 bridgehead atoms. The van der Waals surface area contributed by atoms with Crippen LogP contribution in [0.5, 0.6) is 0 Å². The first-order valence-electron chi connectivity index (χ1n) is 8.93. The van der Waals surface area contributed by atoms with Crippen LogP contribution in [0.4, 0.5) is 0 Å². The van der Waals surface area contributed by atoms with Crippen molar-refractivity contribution >= 4 is 62.5 Å². The molecule has 0 radical (unpaired) electrons. The maximum atomic E-state index is 12.6. The van der Waals surface area contributed by atoms with Crippen molar-refractivity contribution in [3.05, 3.63) is 16.3 Å². The molecule has 2 amide bonds. The summed E-state index contributed by atoms with van der Waals surface area (Å²) in [5.74, 6) is -3.00. The number of nitrogens with zero attached hydrogens (tertiary/aromatic N) is 3. The standard InChI is InChI=1S/C16H20N4O6S4.Na/c1-3-4-30(25,26)7-10(21)17-11-13(22)20-12(15(23)24)9(5-27-14(11)20)6-28-16-19-18-8(2)29-16;/h11,14H,3-7H2,1-2H3,(H,17,21)(H,23,24);/q;+1/p-1/t11-,14-;/m1./s1. The molecule has 164 valence electrons. The molecule has 15 heteroatoms. The van der Waals surface area contributed by atoms with Gasteiger partial charge >= 0.3 is 29.6 Å². The number of nitrogens with one attached hydrogen (secondary N) is 1. The second kappa shape index (κ2) is 11.0. The Kier molecular flexibility index (Phi) is 9.43. The largest absolute Gasteiger partial charge is 1.00 e. The van der Waals surface area contributed by atoms with E-state index in [4.69, 9.17) is 0 Å². The van der Waals surface area contributed by atoms with Gasteiger partial charge in [-0.25, -0.2) is 8.42 Å². The van der Waals surface area contributed by atoms with E-state index in [1.165, 1.54) is 34.9 Å². The van der Waals surface area contributed by atoms with Gasteiger partial charge in [-0.2, -0.15) is 0 Å². The first-order chi connectivity index (χ1) is 14.1. The van der Waals surface area contributed by atoms with Crippen molar-refractivity contribution in [3.8, 4) is 0 Å². The van der Waals surface area contributed by atoms with Gasteiger partial charge < -0.3 is 15.2 Å².